The molecular formula is C17H22N4O2. The second-order valence-corrected chi connectivity index (χ2v) is 6.15. The van der Waals surface area contributed by atoms with E-state index in [4.69, 9.17) is 4.74 Å². The SMILES string of the molecule is CCC1(C)COCCN1C(=O)c1cn(Cc2ccccc2)nn1. The number of hydrogen-bond donors (Lipinski definition) is 0. The standard InChI is InChI=1S/C17H22N4O2/c1-3-17(2)13-23-10-9-21(17)16(22)15-12-20(19-18-15)11-14-7-5-4-6-8-14/h4-8,12H,3,9-11,13H2,1-2H3. The molecular weight excluding hydrogens is 292 g/mol. The van der Waals surface area contributed by atoms with E-state index in [1.807, 2.05) is 35.2 Å². The third kappa shape index (κ3) is 3.27. The lowest BCUT2D eigenvalue weighted by atomic mass is 9.95. The molecule has 1 atom stereocenters. The van der Waals surface area contributed by atoms with Crippen molar-refractivity contribution in [3.05, 3.63) is 47.8 Å². The Morgan fingerprint density at radius 1 is 1.35 bits per heavy atom. The molecule has 0 spiro atoms. The summed E-state index contributed by atoms with van der Waals surface area (Å²) in [7, 11) is 0. The molecule has 1 aromatic heterocycles. The highest BCUT2D eigenvalue weighted by molar-refractivity contribution is 5.92. The predicted octanol–water partition coefficient (Wildman–Crippen LogP) is 1.97. The van der Waals surface area contributed by atoms with Gasteiger partial charge in [-0.1, -0.05) is 42.5 Å². The van der Waals surface area contributed by atoms with Crippen LogP contribution in [0.3, 0.4) is 0 Å². The van der Waals surface area contributed by atoms with Crippen LogP contribution in [0.4, 0.5) is 0 Å². The zero-order valence-corrected chi connectivity index (χ0v) is 13.6. The summed E-state index contributed by atoms with van der Waals surface area (Å²) in [5.41, 5.74) is 1.24. The van der Waals surface area contributed by atoms with Crippen LogP contribution in [0, 0.1) is 0 Å². The molecule has 23 heavy (non-hydrogen) atoms. The topological polar surface area (TPSA) is 60.2 Å². The van der Waals surface area contributed by atoms with E-state index in [-0.39, 0.29) is 11.4 Å². The number of ether oxygens (including phenoxy) is 1. The van der Waals surface area contributed by atoms with Gasteiger partial charge in [-0.3, -0.25) is 4.79 Å². The van der Waals surface area contributed by atoms with E-state index in [1.54, 1.807) is 10.9 Å². The van der Waals surface area contributed by atoms with Gasteiger partial charge in [0.05, 0.1) is 31.5 Å². The van der Waals surface area contributed by atoms with Crippen molar-refractivity contribution in [1.29, 1.82) is 0 Å². The summed E-state index contributed by atoms with van der Waals surface area (Å²) < 4.78 is 7.24. The molecule has 0 N–H and O–H groups in total. The van der Waals surface area contributed by atoms with Crippen LogP contribution < -0.4 is 0 Å². The molecule has 0 bridgehead atoms. The minimum atomic E-state index is -0.279. The summed E-state index contributed by atoms with van der Waals surface area (Å²) in [6, 6.07) is 10.00. The maximum Gasteiger partial charge on any atom is 0.276 e. The highest BCUT2D eigenvalue weighted by Crippen LogP contribution is 2.24. The van der Waals surface area contributed by atoms with Crippen molar-refractivity contribution < 1.29 is 9.53 Å². The molecule has 1 aliphatic heterocycles. The van der Waals surface area contributed by atoms with Crippen LogP contribution in [0.2, 0.25) is 0 Å². The fourth-order valence-corrected chi connectivity index (χ4v) is 2.82. The Balaban J connectivity index is 1.75. The molecule has 1 amide bonds. The van der Waals surface area contributed by atoms with Gasteiger partial charge in [-0.2, -0.15) is 0 Å². The quantitative estimate of drug-likeness (QED) is 0.865. The summed E-state index contributed by atoms with van der Waals surface area (Å²) in [4.78, 5) is 14.7. The Morgan fingerprint density at radius 3 is 2.87 bits per heavy atom. The number of rotatable bonds is 4. The fourth-order valence-electron chi connectivity index (χ4n) is 2.82. The third-order valence-electron chi connectivity index (χ3n) is 4.48. The Morgan fingerprint density at radius 2 is 2.13 bits per heavy atom. The van der Waals surface area contributed by atoms with Gasteiger partial charge < -0.3 is 9.64 Å². The lowest BCUT2D eigenvalue weighted by Gasteiger charge is -2.43. The highest BCUT2D eigenvalue weighted by Gasteiger charge is 2.38. The fraction of sp³-hybridized carbons (Fsp3) is 0.471. The molecule has 1 fully saturated rings. The molecule has 0 aliphatic carbocycles. The Kier molecular flexibility index (Phi) is 4.43. The number of benzene rings is 1. The molecule has 6 nitrogen and oxygen atoms in total. The van der Waals surface area contributed by atoms with E-state index in [1.165, 1.54) is 0 Å². The molecule has 2 aromatic rings. The van der Waals surface area contributed by atoms with Crippen molar-refractivity contribution in [2.75, 3.05) is 19.8 Å². The largest absolute Gasteiger partial charge is 0.377 e. The van der Waals surface area contributed by atoms with Gasteiger partial charge in [0.2, 0.25) is 0 Å². The maximum absolute atomic E-state index is 12.8. The number of aromatic nitrogens is 3. The summed E-state index contributed by atoms with van der Waals surface area (Å²) in [6.45, 7) is 6.45. The predicted molar refractivity (Wildman–Crippen MR) is 86.1 cm³/mol. The normalized spacial score (nSPS) is 21.4. The Bertz CT molecular complexity index is 670. The van der Waals surface area contributed by atoms with Gasteiger partial charge in [-0.15, -0.1) is 5.10 Å². The number of carbonyl (C=O) groups is 1. The third-order valence-corrected chi connectivity index (χ3v) is 4.48. The molecule has 0 saturated carbocycles. The molecule has 1 unspecified atom stereocenters. The van der Waals surface area contributed by atoms with Crippen molar-refractivity contribution in [2.45, 2.75) is 32.4 Å². The average molecular weight is 314 g/mol. The van der Waals surface area contributed by atoms with Gasteiger partial charge in [-0.05, 0) is 18.9 Å². The molecule has 1 aromatic carbocycles. The smallest absolute Gasteiger partial charge is 0.276 e. The summed E-state index contributed by atoms with van der Waals surface area (Å²) in [5.74, 6) is -0.0723. The van der Waals surface area contributed by atoms with E-state index in [0.717, 1.165) is 12.0 Å². The van der Waals surface area contributed by atoms with Crippen LogP contribution in [0.25, 0.3) is 0 Å². The van der Waals surface area contributed by atoms with Crippen molar-refractivity contribution in [3.8, 4) is 0 Å². The van der Waals surface area contributed by atoms with Crippen LogP contribution in [0.15, 0.2) is 36.5 Å². The Labute approximate surface area is 136 Å². The molecule has 0 radical (unpaired) electrons. The number of hydrogen-bond acceptors (Lipinski definition) is 4. The van der Waals surface area contributed by atoms with Crippen LogP contribution >= 0.6 is 0 Å². The van der Waals surface area contributed by atoms with Crippen molar-refractivity contribution >= 4 is 5.91 Å². The Hall–Kier alpha value is -2.21. The van der Waals surface area contributed by atoms with Crippen LogP contribution in [-0.2, 0) is 11.3 Å². The molecule has 2 heterocycles. The van der Waals surface area contributed by atoms with Crippen molar-refractivity contribution in [1.82, 2.24) is 19.9 Å². The van der Waals surface area contributed by atoms with E-state index >= 15 is 0 Å². The second kappa shape index (κ2) is 6.50. The first kappa shape index (κ1) is 15.7. The average Bonchev–Trinajstić information content (AvgIpc) is 3.04. The van der Waals surface area contributed by atoms with Crippen LogP contribution in [0.5, 0.6) is 0 Å². The van der Waals surface area contributed by atoms with E-state index in [9.17, 15) is 4.79 Å². The maximum atomic E-state index is 12.8. The van der Waals surface area contributed by atoms with Crippen LogP contribution in [0.1, 0.15) is 36.3 Å². The van der Waals surface area contributed by atoms with Crippen molar-refractivity contribution in [3.63, 3.8) is 0 Å². The zero-order valence-electron chi connectivity index (χ0n) is 13.6. The van der Waals surface area contributed by atoms with E-state index in [2.05, 4.69) is 24.2 Å². The van der Waals surface area contributed by atoms with Crippen molar-refractivity contribution in [2.24, 2.45) is 0 Å². The monoisotopic (exact) mass is 314 g/mol. The summed E-state index contributed by atoms with van der Waals surface area (Å²) in [5, 5.41) is 8.16. The first-order chi connectivity index (χ1) is 11.1. The lowest BCUT2D eigenvalue weighted by Crippen LogP contribution is -2.57. The van der Waals surface area contributed by atoms with Crippen LogP contribution in [-0.4, -0.2) is 51.1 Å². The zero-order chi connectivity index (χ0) is 16.3. The second-order valence-electron chi connectivity index (χ2n) is 6.15. The lowest BCUT2D eigenvalue weighted by molar-refractivity contribution is -0.0468. The number of carbonyl (C=O) groups excluding carboxylic acids is 1. The molecule has 122 valence electrons. The van der Waals surface area contributed by atoms with Gasteiger partial charge >= 0.3 is 0 Å². The number of nitrogens with zero attached hydrogens (tertiary/aromatic N) is 4. The minimum Gasteiger partial charge on any atom is -0.377 e. The van der Waals surface area contributed by atoms with Gasteiger partial charge in [0.15, 0.2) is 5.69 Å². The van der Waals surface area contributed by atoms with Gasteiger partial charge in [0.25, 0.3) is 5.91 Å². The molecule has 3 rings (SSSR count). The van der Waals surface area contributed by atoms with E-state index < -0.39 is 0 Å². The van der Waals surface area contributed by atoms with Gasteiger partial charge in [0.1, 0.15) is 0 Å². The molecule has 6 heteroatoms. The minimum absolute atomic E-state index is 0.0723. The number of morpholine rings is 1. The first-order valence-corrected chi connectivity index (χ1v) is 7.96. The molecule has 1 saturated heterocycles. The highest BCUT2D eigenvalue weighted by atomic mass is 16.5. The summed E-state index contributed by atoms with van der Waals surface area (Å²) >= 11 is 0. The van der Waals surface area contributed by atoms with Gasteiger partial charge in [-0.25, -0.2) is 4.68 Å². The molecule has 1 aliphatic rings. The number of amides is 1. The van der Waals surface area contributed by atoms with E-state index in [0.29, 0.717) is 32.0 Å². The first-order valence-electron chi connectivity index (χ1n) is 7.96. The van der Waals surface area contributed by atoms with Gasteiger partial charge in [0, 0.05) is 6.54 Å². The summed E-state index contributed by atoms with van der Waals surface area (Å²) in [6.07, 6.45) is 2.57.